The van der Waals surface area contributed by atoms with E-state index in [0.29, 0.717) is 5.75 Å². The fraction of sp³-hybridized carbons (Fsp3) is 0.467. The number of hydrogen-bond donors (Lipinski definition) is 1. The third kappa shape index (κ3) is 5.47. The highest BCUT2D eigenvalue weighted by Gasteiger charge is 2.07. The van der Waals surface area contributed by atoms with Gasteiger partial charge in [0.25, 0.3) is 0 Å². The lowest BCUT2D eigenvalue weighted by Crippen LogP contribution is -2.21. The quantitative estimate of drug-likeness (QED) is 0.518. The van der Waals surface area contributed by atoms with Gasteiger partial charge in [-0.05, 0) is 37.8 Å². The summed E-state index contributed by atoms with van der Waals surface area (Å²) < 4.78 is 0. The molecular weight excluding hydrogens is 256 g/mol. The smallest absolute Gasteiger partial charge is 0.250 e. The summed E-state index contributed by atoms with van der Waals surface area (Å²) in [4.78, 5) is 12.8. The van der Waals surface area contributed by atoms with Crippen LogP contribution in [-0.4, -0.2) is 17.4 Å². The Labute approximate surface area is 118 Å². The number of amides is 1. The van der Waals surface area contributed by atoms with Crippen LogP contribution in [0, 0.1) is 0 Å². The first-order valence-electron chi connectivity index (χ1n) is 6.87. The maximum Gasteiger partial charge on any atom is 0.250 e. The van der Waals surface area contributed by atoms with Crippen LogP contribution in [0.25, 0.3) is 0 Å². The molecule has 0 aromatic heterocycles. The summed E-state index contributed by atoms with van der Waals surface area (Å²) in [7, 11) is 0. The molecule has 0 aliphatic heterocycles. The van der Waals surface area contributed by atoms with Crippen LogP contribution in [0.15, 0.2) is 40.3 Å². The van der Waals surface area contributed by atoms with E-state index < -0.39 is 0 Å². The van der Waals surface area contributed by atoms with E-state index in [1.807, 2.05) is 30.3 Å². The number of benzene rings is 1. The van der Waals surface area contributed by atoms with Gasteiger partial charge in [0.05, 0.1) is 5.75 Å². The molecule has 0 bridgehead atoms. The summed E-state index contributed by atoms with van der Waals surface area (Å²) in [6, 6.07) is 9.95. The number of carbonyl (C=O) groups is 1. The Kier molecular flexibility index (Phi) is 5.95. The molecule has 0 radical (unpaired) electrons. The molecule has 0 atom stereocenters. The van der Waals surface area contributed by atoms with Crippen molar-refractivity contribution >= 4 is 23.4 Å². The molecule has 19 heavy (non-hydrogen) atoms. The number of nitrogens with one attached hydrogen (secondary N) is 1. The number of hydrogen-bond acceptors (Lipinski definition) is 3. The zero-order valence-electron chi connectivity index (χ0n) is 11.1. The van der Waals surface area contributed by atoms with Crippen molar-refractivity contribution in [2.24, 2.45) is 5.10 Å². The van der Waals surface area contributed by atoms with E-state index in [1.165, 1.54) is 37.4 Å². The third-order valence-corrected chi connectivity index (χ3v) is 4.14. The van der Waals surface area contributed by atoms with Crippen molar-refractivity contribution < 1.29 is 4.79 Å². The Morgan fingerprint density at radius 1 is 1.11 bits per heavy atom. The molecule has 0 saturated heterocycles. The first-order chi connectivity index (χ1) is 9.34. The Morgan fingerprint density at radius 3 is 2.47 bits per heavy atom. The number of carbonyl (C=O) groups excluding carboxylic acids is 1. The van der Waals surface area contributed by atoms with Gasteiger partial charge in [-0.2, -0.15) is 5.10 Å². The average Bonchev–Trinajstić information content (AvgIpc) is 2.73. The van der Waals surface area contributed by atoms with Crippen molar-refractivity contribution in [3.63, 3.8) is 0 Å². The maximum absolute atomic E-state index is 11.7. The number of hydrazone groups is 1. The fourth-order valence-electron chi connectivity index (χ4n) is 2.09. The van der Waals surface area contributed by atoms with Gasteiger partial charge in [0.2, 0.25) is 5.91 Å². The maximum atomic E-state index is 11.7. The first kappa shape index (κ1) is 14.1. The lowest BCUT2D eigenvalue weighted by molar-refractivity contribution is -0.118. The van der Waals surface area contributed by atoms with E-state index in [1.54, 1.807) is 0 Å². The summed E-state index contributed by atoms with van der Waals surface area (Å²) in [6.45, 7) is 0. The van der Waals surface area contributed by atoms with Crippen molar-refractivity contribution in [2.75, 3.05) is 5.75 Å². The Bertz CT molecular complexity index is 421. The summed E-state index contributed by atoms with van der Waals surface area (Å²) in [6.07, 6.45) is 7.05. The monoisotopic (exact) mass is 276 g/mol. The van der Waals surface area contributed by atoms with E-state index in [9.17, 15) is 4.79 Å². The molecule has 0 heterocycles. The molecule has 1 aromatic carbocycles. The van der Waals surface area contributed by atoms with E-state index in [0.717, 1.165) is 23.4 Å². The summed E-state index contributed by atoms with van der Waals surface area (Å²) in [5.74, 6) is 0.395. The Balaban J connectivity index is 1.73. The number of nitrogens with zero attached hydrogens (tertiary/aromatic N) is 1. The second-order valence-electron chi connectivity index (χ2n) is 4.73. The van der Waals surface area contributed by atoms with Crippen molar-refractivity contribution in [1.29, 1.82) is 0 Å². The molecule has 1 fully saturated rings. The number of rotatable bonds is 4. The van der Waals surface area contributed by atoms with Crippen LogP contribution in [0.2, 0.25) is 0 Å². The molecule has 0 unspecified atom stereocenters. The largest absolute Gasteiger partial charge is 0.272 e. The molecule has 0 spiro atoms. The topological polar surface area (TPSA) is 41.5 Å². The molecule has 2 rings (SSSR count). The molecule has 1 aliphatic rings. The molecular formula is C15H20N2OS. The molecule has 102 valence electrons. The van der Waals surface area contributed by atoms with Gasteiger partial charge < -0.3 is 0 Å². The van der Waals surface area contributed by atoms with Crippen molar-refractivity contribution in [2.45, 2.75) is 43.4 Å². The van der Waals surface area contributed by atoms with Gasteiger partial charge in [-0.1, -0.05) is 31.0 Å². The summed E-state index contributed by atoms with van der Waals surface area (Å²) >= 11 is 1.54. The van der Waals surface area contributed by atoms with Crippen LogP contribution in [0.4, 0.5) is 0 Å². The normalized spacial score (nSPS) is 15.7. The van der Waals surface area contributed by atoms with Crippen LogP contribution in [0.5, 0.6) is 0 Å². The summed E-state index contributed by atoms with van der Waals surface area (Å²) in [5, 5.41) is 4.26. The lowest BCUT2D eigenvalue weighted by atomic mass is 10.2. The van der Waals surface area contributed by atoms with Crippen LogP contribution >= 0.6 is 11.8 Å². The van der Waals surface area contributed by atoms with Crippen LogP contribution in [0.3, 0.4) is 0 Å². The second kappa shape index (κ2) is 8.00. The minimum Gasteiger partial charge on any atom is -0.272 e. The first-order valence-corrected chi connectivity index (χ1v) is 7.85. The summed E-state index contributed by atoms with van der Waals surface area (Å²) in [5.41, 5.74) is 3.83. The van der Waals surface area contributed by atoms with Gasteiger partial charge >= 0.3 is 0 Å². The van der Waals surface area contributed by atoms with Gasteiger partial charge in [-0.3, -0.25) is 4.79 Å². The minimum atomic E-state index is -0.0226. The predicted octanol–water partition coefficient (Wildman–Crippen LogP) is 3.61. The zero-order chi connectivity index (χ0) is 13.3. The van der Waals surface area contributed by atoms with Crippen molar-refractivity contribution in [1.82, 2.24) is 5.43 Å². The van der Waals surface area contributed by atoms with Crippen molar-refractivity contribution in [3.8, 4) is 0 Å². The highest BCUT2D eigenvalue weighted by atomic mass is 32.2. The predicted molar refractivity (Wildman–Crippen MR) is 80.4 cm³/mol. The molecule has 1 aromatic rings. The van der Waals surface area contributed by atoms with E-state index in [-0.39, 0.29) is 5.91 Å². The van der Waals surface area contributed by atoms with Gasteiger partial charge in [0.15, 0.2) is 0 Å². The SMILES string of the molecule is O=C(CSc1ccccc1)NN=C1CCCCCC1. The minimum absolute atomic E-state index is 0.0226. The third-order valence-electron chi connectivity index (χ3n) is 3.13. The molecule has 1 N–H and O–H groups in total. The molecule has 1 amide bonds. The Morgan fingerprint density at radius 2 is 1.79 bits per heavy atom. The highest BCUT2D eigenvalue weighted by molar-refractivity contribution is 8.00. The lowest BCUT2D eigenvalue weighted by Gasteiger charge is -2.03. The molecule has 4 heteroatoms. The van der Waals surface area contributed by atoms with Crippen LogP contribution < -0.4 is 5.43 Å². The second-order valence-corrected chi connectivity index (χ2v) is 5.78. The zero-order valence-corrected chi connectivity index (χ0v) is 11.9. The van der Waals surface area contributed by atoms with E-state index >= 15 is 0 Å². The van der Waals surface area contributed by atoms with Gasteiger partial charge in [-0.15, -0.1) is 11.8 Å². The molecule has 1 saturated carbocycles. The van der Waals surface area contributed by atoms with Crippen LogP contribution in [-0.2, 0) is 4.79 Å². The standard InChI is InChI=1S/C15H20N2OS/c18-15(12-19-14-10-6-3-7-11-14)17-16-13-8-4-1-2-5-9-13/h3,6-7,10-11H,1-2,4-5,8-9,12H2,(H,17,18). The molecule has 1 aliphatic carbocycles. The van der Waals surface area contributed by atoms with E-state index in [4.69, 9.17) is 0 Å². The molecule has 3 nitrogen and oxygen atoms in total. The van der Waals surface area contributed by atoms with Gasteiger partial charge in [-0.25, -0.2) is 5.43 Å². The fourth-order valence-corrected chi connectivity index (χ4v) is 2.80. The number of thioether (sulfide) groups is 1. The Hall–Kier alpha value is -1.29. The van der Waals surface area contributed by atoms with E-state index in [2.05, 4.69) is 10.5 Å². The average molecular weight is 276 g/mol. The van der Waals surface area contributed by atoms with Crippen molar-refractivity contribution in [3.05, 3.63) is 30.3 Å². The highest BCUT2D eigenvalue weighted by Crippen LogP contribution is 2.16. The van der Waals surface area contributed by atoms with Gasteiger partial charge in [0, 0.05) is 10.6 Å². The van der Waals surface area contributed by atoms with Crippen LogP contribution in [0.1, 0.15) is 38.5 Å². The van der Waals surface area contributed by atoms with Gasteiger partial charge in [0.1, 0.15) is 0 Å².